The minimum Gasteiger partial charge on any atom is -0.348 e. The predicted molar refractivity (Wildman–Crippen MR) is 81.5 cm³/mol. The van der Waals surface area contributed by atoms with Gasteiger partial charge in [-0.3, -0.25) is 9.69 Å². The van der Waals surface area contributed by atoms with E-state index in [0.717, 1.165) is 31.6 Å². The van der Waals surface area contributed by atoms with Gasteiger partial charge in [0.1, 0.15) is 5.82 Å². The quantitative estimate of drug-likeness (QED) is 0.804. The van der Waals surface area contributed by atoms with Crippen LogP contribution in [0.3, 0.4) is 0 Å². The number of nitrogens with one attached hydrogen (secondary N) is 2. The molecule has 0 aliphatic carbocycles. The van der Waals surface area contributed by atoms with Crippen LogP contribution in [0, 0.1) is 5.82 Å². The Morgan fingerprint density at radius 1 is 1.43 bits per heavy atom. The largest absolute Gasteiger partial charge is 0.348 e. The fourth-order valence-electron chi connectivity index (χ4n) is 2.52. The van der Waals surface area contributed by atoms with Gasteiger partial charge >= 0.3 is 0 Å². The van der Waals surface area contributed by atoms with E-state index >= 15 is 0 Å². The Bertz CT molecular complexity index is 459. The molecule has 0 radical (unpaired) electrons. The Hall–Kier alpha value is -1.46. The standard InChI is InChI=1S/C16H24FN3O/c1-3-8-20(15-9-18-10-15)11-16(21)19-12(2)13-4-6-14(17)7-5-13/h4-7,12,15,18H,3,8-11H2,1-2H3,(H,19,21). The van der Waals surface area contributed by atoms with Gasteiger partial charge in [-0.15, -0.1) is 0 Å². The van der Waals surface area contributed by atoms with Crippen LogP contribution in [0.4, 0.5) is 4.39 Å². The fraction of sp³-hybridized carbons (Fsp3) is 0.562. The lowest BCUT2D eigenvalue weighted by molar-refractivity contribution is -0.123. The third kappa shape index (κ3) is 4.51. The number of halogens is 1. The maximum absolute atomic E-state index is 12.9. The van der Waals surface area contributed by atoms with Crippen LogP contribution in [0.15, 0.2) is 24.3 Å². The lowest BCUT2D eigenvalue weighted by Crippen LogP contribution is -2.59. The molecule has 1 aliphatic heterocycles. The zero-order valence-corrected chi connectivity index (χ0v) is 12.7. The molecule has 2 rings (SSSR count). The summed E-state index contributed by atoms with van der Waals surface area (Å²) in [7, 11) is 0. The summed E-state index contributed by atoms with van der Waals surface area (Å²) >= 11 is 0. The van der Waals surface area contributed by atoms with Gasteiger partial charge in [0, 0.05) is 19.1 Å². The molecule has 1 amide bonds. The second kappa shape index (κ2) is 7.52. The van der Waals surface area contributed by atoms with Crippen molar-refractivity contribution in [2.45, 2.75) is 32.4 Å². The molecule has 0 bridgehead atoms. The first kappa shape index (κ1) is 15.9. The molecule has 0 saturated carbocycles. The number of hydrogen-bond acceptors (Lipinski definition) is 3. The van der Waals surface area contributed by atoms with E-state index in [9.17, 15) is 9.18 Å². The van der Waals surface area contributed by atoms with E-state index in [1.165, 1.54) is 12.1 Å². The summed E-state index contributed by atoms with van der Waals surface area (Å²) in [6.07, 6.45) is 1.04. The van der Waals surface area contributed by atoms with Crippen molar-refractivity contribution in [3.8, 4) is 0 Å². The lowest BCUT2D eigenvalue weighted by atomic mass is 10.1. The third-order valence-corrected chi connectivity index (χ3v) is 3.88. The lowest BCUT2D eigenvalue weighted by Gasteiger charge is -2.37. The molecule has 5 heteroatoms. The Kier molecular flexibility index (Phi) is 5.70. The highest BCUT2D eigenvalue weighted by molar-refractivity contribution is 5.78. The maximum atomic E-state index is 12.9. The van der Waals surface area contributed by atoms with Crippen LogP contribution < -0.4 is 10.6 Å². The van der Waals surface area contributed by atoms with Crippen LogP contribution in [0.25, 0.3) is 0 Å². The molecule has 0 aromatic heterocycles. The van der Waals surface area contributed by atoms with Gasteiger partial charge in [0.15, 0.2) is 0 Å². The highest BCUT2D eigenvalue weighted by Gasteiger charge is 2.25. The van der Waals surface area contributed by atoms with Crippen LogP contribution in [0.2, 0.25) is 0 Å². The molecular weight excluding hydrogens is 269 g/mol. The van der Waals surface area contributed by atoms with Gasteiger partial charge in [0.25, 0.3) is 0 Å². The van der Waals surface area contributed by atoms with Gasteiger partial charge in [-0.2, -0.15) is 0 Å². The van der Waals surface area contributed by atoms with Crippen molar-refractivity contribution in [3.05, 3.63) is 35.6 Å². The first-order valence-corrected chi connectivity index (χ1v) is 7.59. The molecule has 1 heterocycles. The fourth-order valence-corrected chi connectivity index (χ4v) is 2.52. The molecule has 1 fully saturated rings. The highest BCUT2D eigenvalue weighted by Crippen LogP contribution is 2.13. The van der Waals surface area contributed by atoms with E-state index in [-0.39, 0.29) is 17.8 Å². The van der Waals surface area contributed by atoms with Crippen molar-refractivity contribution in [3.63, 3.8) is 0 Å². The topological polar surface area (TPSA) is 44.4 Å². The number of amides is 1. The summed E-state index contributed by atoms with van der Waals surface area (Å²) in [5, 5.41) is 6.22. The SMILES string of the molecule is CCCN(CC(=O)NC(C)c1ccc(F)cc1)C1CNC1. The van der Waals surface area contributed by atoms with Gasteiger partial charge in [-0.1, -0.05) is 19.1 Å². The second-order valence-electron chi connectivity index (χ2n) is 5.62. The molecule has 116 valence electrons. The van der Waals surface area contributed by atoms with Gasteiger partial charge in [0.05, 0.1) is 12.6 Å². The van der Waals surface area contributed by atoms with Crippen molar-refractivity contribution in [2.75, 3.05) is 26.2 Å². The summed E-state index contributed by atoms with van der Waals surface area (Å²) in [5.41, 5.74) is 0.914. The summed E-state index contributed by atoms with van der Waals surface area (Å²) in [6, 6.07) is 6.61. The molecule has 1 unspecified atom stereocenters. The second-order valence-corrected chi connectivity index (χ2v) is 5.62. The maximum Gasteiger partial charge on any atom is 0.234 e. The molecule has 1 atom stereocenters. The smallest absolute Gasteiger partial charge is 0.234 e. The van der Waals surface area contributed by atoms with Gasteiger partial charge in [0.2, 0.25) is 5.91 Å². The van der Waals surface area contributed by atoms with Crippen LogP contribution >= 0.6 is 0 Å². The number of carbonyl (C=O) groups is 1. The first-order chi connectivity index (χ1) is 10.1. The van der Waals surface area contributed by atoms with E-state index in [0.29, 0.717) is 12.6 Å². The molecule has 2 N–H and O–H groups in total. The minimum atomic E-state index is -0.260. The molecule has 1 aliphatic rings. The molecule has 4 nitrogen and oxygen atoms in total. The molecule has 1 saturated heterocycles. The van der Waals surface area contributed by atoms with Crippen molar-refractivity contribution in [2.24, 2.45) is 0 Å². The number of benzene rings is 1. The van der Waals surface area contributed by atoms with Crippen LogP contribution in [0.1, 0.15) is 31.9 Å². The van der Waals surface area contributed by atoms with Gasteiger partial charge in [-0.25, -0.2) is 4.39 Å². The molecule has 21 heavy (non-hydrogen) atoms. The van der Waals surface area contributed by atoms with Crippen molar-refractivity contribution < 1.29 is 9.18 Å². The Morgan fingerprint density at radius 2 is 2.10 bits per heavy atom. The van der Waals surface area contributed by atoms with E-state index < -0.39 is 0 Å². The van der Waals surface area contributed by atoms with Crippen LogP contribution in [0.5, 0.6) is 0 Å². The highest BCUT2D eigenvalue weighted by atomic mass is 19.1. The molecule has 0 spiro atoms. The zero-order chi connectivity index (χ0) is 15.2. The third-order valence-electron chi connectivity index (χ3n) is 3.88. The van der Waals surface area contributed by atoms with Gasteiger partial charge in [-0.05, 0) is 37.6 Å². The molecule has 1 aromatic rings. The van der Waals surface area contributed by atoms with Crippen molar-refractivity contribution >= 4 is 5.91 Å². The molecule has 1 aromatic carbocycles. The number of carbonyl (C=O) groups excluding carboxylic acids is 1. The molecular formula is C16H24FN3O. The minimum absolute atomic E-state index is 0.0205. The van der Waals surface area contributed by atoms with Gasteiger partial charge < -0.3 is 10.6 Å². The Labute approximate surface area is 125 Å². The predicted octanol–water partition coefficient (Wildman–Crippen LogP) is 1.69. The van der Waals surface area contributed by atoms with Crippen molar-refractivity contribution in [1.29, 1.82) is 0 Å². The normalized spacial score (nSPS) is 16.6. The van der Waals surface area contributed by atoms with Crippen molar-refractivity contribution in [1.82, 2.24) is 15.5 Å². The summed E-state index contributed by atoms with van der Waals surface area (Å²) in [5.74, 6) is -0.240. The summed E-state index contributed by atoms with van der Waals surface area (Å²) < 4.78 is 12.9. The Morgan fingerprint density at radius 3 is 2.62 bits per heavy atom. The number of hydrogen-bond donors (Lipinski definition) is 2. The van der Waals surface area contributed by atoms with E-state index in [4.69, 9.17) is 0 Å². The van der Waals surface area contributed by atoms with E-state index in [1.54, 1.807) is 12.1 Å². The monoisotopic (exact) mass is 293 g/mol. The van der Waals surface area contributed by atoms with E-state index in [2.05, 4.69) is 22.5 Å². The average molecular weight is 293 g/mol. The number of nitrogens with zero attached hydrogens (tertiary/aromatic N) is 1. The summed E-state index contributed by atoms with van der Waals surface area (Å²) in [4.78, 5) is 14.4. The Balaban J connectivity index is 1.86. The summed E-state index contributed by atoms with van der Waals surface area (Å²) in [6.45, 7) is 7.32. The van der Waals surface area contributed by atoms with Crippen LogP contribution in [-0.2, 0) is 4.79 Å². The number of rotatable bonds is 7. The van der Waals surface area contributed by atoms with E-state index in [1.807, 2.05) is 6.92 Å². The first-order valence-electron chi connectivity index (χ1n) is 7.59. The average Bonchev–Trinajstić information content (AvgIpc) is 2.37. The zero-order valence-electron chi connectivity index (χ0n) is 12.7. The van der Waals surface area contributed by atoms with Crippen LogP contribution in [-0.4, -0.2) is 43.0 Å².